The van der Waals surface area contributed by atoms with E-state index in [0.29, 0.717) is 0 Å². The molecule has 9 aromatic carbocycles. The van der Waals surface area contributed by atoms with Gasteiger partial charge in [0.05, 0.1) is 5.69 Å². The van der Waals surface area contributed by atoms with Crippen molar-refractivity contribution in [1.82, 2.24) is 0 Å². The average Bonchev–Trinajstić information content (AvgIpc) is 3.64. The Morgan fingerprint density at radius 2 is 0.800 bits per heavy atom. The van der Waals surface area contributed by atoms with Crippen LogP contribution in [0.3, 0.4) is 0 Å². The van der Waals surface area contributed by atoms with E-state index in [-0.39, 0.29) is 0 Å². The van der Waals surface area contributed by atoms with Crippen molar-refractivity contribution in [3.8, 4) is 11.1 Å². The van der Waals surface area contributed by atoms with E-state index in [9.17, 15) is 0 Å². The van der Waals surface area contributed by atoms with Gasteiger partial charge in [-0.05, 0) is 73.7 Å². The van der Waals surface area contributed by atoms with E-state index in [0.717, 1.165) is 39.0 Å². The van der Waals surface area contributed by atoms with E-state index in [2.05, 4.69) is 217 Å². The monoisotopic (exact) mass is 719 g/mol. The van der Waals surface area contributed by atoms with Gasteiger partial charge in [0.25, 0.3) is 0 Å². The van der Waals surface area contributed by atoms with Gasteiger partial charge in [0, 0.05) is 33.6 Å². The third-order valence-corrected chi connectivity index (χ3v) is 15.9. The maximum Gasteiger partial charge on any atom is 0.180 e. The second-order valence-corrected chi connectivity index (χ2v) is 17.8. The third-order valence-electron chi connectivity index (χ3n) is 11.0. The molecule has 55 heavy (non-hydrogen) atoms. The maximum atomic E-state index is 6.47. The minimum Gasteiger partial charge on any atom is -0.456 e. The van der Waals surface area contributed by atoms with Crippen LogP contribution in [0.15, 0.2) is 229 Å². The van der Waals surface area contributed by atoms with E-state index in [4.69, 9.17) is 4.42 Å². The summed E-state index contributed by atoms with van der Waals surface area (Å²) in [5.74, 6) is 0. The van der Waals surface area contributed by atoms with Crippen molar-refractivity contribution in [2.75, 3.05) is 4.90 Å². The standard InChI is InChI=1S/C52H37NOSi/c1-5-17-38(18-6-1)39-29-31-40(32-30-39)53(41-33-34-47-46-26-15-16-28-50(46)54-51(47)37-41)49-35-36-52(48-27-14-13-25-45(48)49)55(42-19-7-2-8-20-42,43-21-9-3-10-22-43)44-23-11-4-12-24-44/h1-37H. The van der Waals surface area contributed by atoms with Crippen LogP contribution < -0.4 is 25.6 Å². The van der Waals surface area contributed by atoms with Gasteiger partial charge in [0.15, 0.2) is 8.07 Å². The Kier molecular flexibility index (Phi) is 8.20. The van der Waals surface area contributed by atoms with Crippen molar-refractivity contribution in [2.24, 2.45) is 0 Å². The zero-order valence-electron chi connectivity index (χ0n) is 30.2. The molecule has 0 amide bonds. The quantitative estimate of drug-likeness (QED) is 0.115. The molecule has 0 bridgehead atoms. The van der Waals surface area contributed by atoms with Gasteiger partial charge in [-0.1, -0.05) is 182 Å². The molecular weight excluding hydrogens is 683 g/mol. The van der Waals surface area contributed by atoms with E-state index < -0.39 is 8.07 Å². The first-order valence-electron chi connectivity index (χ1n) is 18.8. The summed E-state index contributed by atoms with van der Waals surface area (Å²) in [6.45, 7) is 0. The van der Waals surface area contributed by atoms with Crippen molar-refractivity contribution in [3.63, 3.8) is 0 Å². The summed E-state index contributed by atoms with van der Waals surface area (Å²) in [6.07, 6.45) is 0. The fraction of sp³-hybridized carbons (Fsp3) is 0. The summed E-state index contributed by atoms with van der Waals surface area (Å²) in [5, 5.41) is 10.1. The lowest BCUT2D eigenvalue weighted by molar-refractivity contribution is 0.669. The Bertz CT molecular complexity index is 2810. The molecule has 0 aliphatic carbocycles. The first-order chi connectivity index (χ1) is 27.3. The highest BCUT2D eigenvalue weighted by molar-refractivity contribution is 7.20. The van der Waals surface area contributed by atoms with Gasteiger partial charge in [0.1, 0.15) is 11.2 Å². The zero-order valence-corrected chi connectivity index (χ0v) is 31.2. The van der Waals surface area contributed by atoms with Crippen LogP contribution >= 0.6 is 0 Å². The summed E-state index contributed by atoms with van der Waals surface area (Å²) < 4.78 is 6.47. The maximum absolute atomic E-state index is 6.47. The first-order valence-corrected chi connectivity index (χ1v) is 20.8. The lowest BCUT2D eigenvalue weighted by atomic mass is 10.0. The number of rotatable bonds is 8. The Balaban J connectivity index is 1.24. The Morgan fingerprint density at radius 1 is 0.327 bits per heavy atom. The highest BCUT2D eigenvalue weighted by Crippen LogP contribution is 2.42. The highest BCUT2D eigenvalue weighted by Gasteiger charge is 2.42. The zero-order chi connectivity index (χ0) is 36.6. The largest absolute Gasteiger partial charge is 0.456 e. The second-order valence-electron chi connectivity index (χ2n) is 14.1. The van der Waals surface area contributed by atoms with Crippen LogP contribution in [0.25, 0.3) is 43.8 Å². The van der Waals surface area contributed by atoms with Gasteiger partial charge >= 0.3 is 0 Å². The third kappa shape index (κ3) is 5.56. The molecule has 1 heterocycles. The van der Waals surface area contributed by atoms with Gasteiger partial charge in [-0.25, -0.2) is 0 Å². The van der Waals surface area contributed by atoms with Crippen molar-refractivity contribution in [1.29, 1.82) is 0 Å². The number of nitrogens with zero attached hydrogens (tertiary/aromatic N) is 1. The summed E-state index contributed by atoms with van der Waals surface area (Å²) in [6, 6.07) is 81.7. The van der Waals surface area contributed by atoms with E-state index in [1.165, 1.54) is 42.6 Å². The van der Waals surface area contributed by atoms with Gasteiger partial charge in [0.2, 0.25) is 0 Å². The summed E-state index contributed by atoms with van der Waals surface area (Å²) >= 11 is 0. The topological polar surface area (TPSA) is 16.4 Å². The second kappa shape index (κ2) is 13.8. The fourth-order valence-corrected chi connectivity index (χ4v) is 13.5. The van der Waals surface area contributed by atoms with Crippen molar-refractivity contribution >= 4 is 78.6 Å². The molecule has 0 spiro atoms. The number of furan rings is 1. The van der Waals surface area contributed by atoms with Crippen molar-refractivity contribution < 1.29 is 4.42 Å². The lowest BCUT2D eigenvalue weighted by Gasteiger charge is -2.36. The Labute approximate surface area is 322 Å². The van der Waals surface area contributed by atoms with Crippen LogP contribution in [-0.2, 0) is 0 Å². The molecule has 0 saturated carbocycles. The molecule has 0 saturated heterocycles. The Hall–Kier alpha value is -6.94. The van der Waals surface area contributed by atoms with Crippen LogP contribution in [-0.4, -0.2) is 8.07 Å². The molecule has 260 valence electrons. The van der Waals surface area contributed by atoms with Gasteiger partial charge in [-0.3, -0.25) is 0 Å². The van der Waals surface area contributed by atoms with E-state index in [1.54, 1.807) is 0 Å². The molecule has 0 N–H and O–H groups in total. The predicted octanol–water partition coefficient (Wildman–Crippen LogP) is 11.3. The molecule has 3 heteroatoms. The van der Waals surface area contributed by atoms with Crippen LogP contribution in [0, 0.1) is 0 Å². The normalized spacial score (nSPS) is 11.6. The van der Waals surface area contributed by atoms with Crippen molar-refractivity contribution in [2.45, 2.75) is 0 Å². The summed E-state index contributed by atoms with van der Waals surface area (Å²) in [5.41, 5.74) is 7.37. The number of anilines is 3. The number of benzene rings is 9. The van der Waals surface area contributed by atoms with Gasteiger partial charge < -0.3 is 9.32 Å². The number of hydrogen-bond donors (Lipinski definition) is 0. The number of fused-ring (bicyclic) bond motifs is 4. The molecule has 1 aromatic heterocycles. The van der Waals surface area contributed by atoms with Crippen LogP contribution in [0.2, 0.25) is 0 Å². The molecular formula is C52H37NOSi. The molecule has 10 aromatic rings. The molecule has 10 rings (SSSR count). The van der Waals surface area contributed by atoms with Crippen LogP contribution in [0.1, 0.15) is 0 Å². The summed E-state index contributed by atoms with van der Waals surface area (Å²) in [7, 11) is -2.81. The molecule has 0 unspecified atom stereocenters. The van der Waals surface area contributed by atoms with Crippen molar-refractivity contribution in [3.05, 3.63) is 224 Å². The predicted molar refractivity (Wildman–Crippen MR) is 235 cm³/mol. The first kappa shape index (κ1) is 32.7. The number of hydrogen-bond acceptors (Lipinski definition) is 2. The molecule has 0 fully saturated rings. The highest BCUT2D eigenvalue weighted by atomic mass is 28.3. The van der Waals surface area contributed by atoms with E-state index in [1.807, 2.05) is 12.1 Å². The minimum atomic E-state index is -2.81. The average molecular weight is 720 g/mol. The minimum absolute atomic E-state index is 0.870. The Morgan fingerprint density at radius 3 is 1.42 bits per heavy atom. The molecule has 0 aliphatic heterocycles. The van der Waals surface area contributed by atoms with Crippen LogP contribution in [0.5, 0.6) is 0 Å². The molecule has 0 atom stereocenters. The number of para-hydroxylation sites is 1. The van der Waals surface area contributed by atoms with Gasteiger partial charge in [-0.2, -0.15) is 0 Å². The lowest BCUT2D eigenvalue weighted by Crippen LogP contribution is -2.74. The van der Waals surface area contributed by atoms with Gasteiger partial charge in [-0.15, -0.1) is 0 Å². The molecule has 2 nitrogen and oxygen atoms in total. The van der Waals surface area contributed by atoms with Crippen LogP contribution in [0.4, 0.5) is 17.1 Å². The smallest absolute Gasteiger partial charge is 0.180 e. The molecule has 0 radical (unpaired) electrons. The summed E-state index contributed by atoms with van der Waals surface area (Å²) in [4.78, 5) is 2.39. The fourth-order valence-electron chi connectivity index (χ4n) is 8.55. The van der Waals surface area contributed by atoms with E-state index >= 15 is 0 Å². The molecule has 0 aliphatic rings. The SMILES string of the molecule is c1ccc(-c2ccc(N(c3ccc4c(c3)oc3ccccc34)c3ccc([Si](c4ccccc4)(c4ccccc4)c4ccccc4)c4ccccc34)cc2)cc1.